The summed E-state index contributed by atoms with van der Waals surface area (Å²) in [6, 6.07) is 45.5. The van der Waals surface area contributed by atoms with Gasteiger partial charge in [-0.05, 0) is 69.5 Å². The fourth-order valence-corrected chi connectivity index (χ4v) is 7.47. The monoisotopic (exact) mass is 701 g/mol. The van der Waals surface area contributed by atoms with Crippen LogP contribution >= 0.6 is 0 Å². The van der Waals surface area contributed by atoms with E-state index in [9.17, 15) is 0 Å². The van der Waals surface area contributed by atoms with Gasteiger partial charge < -0.3 is 0 Å². The van der Waals surface area contributed by atoms with Crippen LogP contribution in [0.2, 0.25) is 0 Å². The van der Waals surface area contributed by atoms with Gasteiger partial charge in [-0.25, -0.2) is 9.97 Å². The predicted molar refractivity (Wildman–Crippen MR) is 228 cm³/mol. The Morgan fingerprint density at radius 1 is 0.667 bits per heavy atom. The van der Waals surface area contributed by atoms with E-state index in [1.54, 1.807) is 0 Å². The largest absolute Gasteiger partial charge is 0.264 e. The first-order valence-electron chi connectivity index (χ1n) is 18.9. The van der Waals surface area contributed by atoms with Crippen molar-refractivity contribution in [3.05, 3.63) is 209 Å². The zero-order valence-corrected chi connectivity index (χ0v) is 31.5. The number of nitrogens with zero attached hydrogens (tertiary/aromatic N) is 3. The smallest absolute Gasteiger partial charge is 0.133 e. The molecule has 2 aliphatic carbocycles. The molecule has 0 saturated carbocycles. The quantitative estimate of drug-likeness (QED) is 0.117. The first kappa shape index (κ1) is 37.4. The SMILES string of the molecule is C#C.CCC.CCC=CCc1nc(-c2ccccc2)cc(-c2ccc(C3=CCC=CC4=C3c3ccccc3C4(c3ccccc3)c3cccnc3)cc2)n1. The maximum Gasteiger partial charge on any atom is 0.133 e. The molecule has 3 heteroatoms. The van der Waals surface area contributed by atoms with Crippen molar-refractivity contribution in [2.75, 3.05) is 0 Å². The van der Waals surface area contributed by atoms with Crippen molar-refractivity contribution >= 4 is 11.1 Å². The topological polar surface area (TPSA) is 38.7 Å². The average Bonchev–Trinajstić information content (AvgIpc) is 3.35. The number of benzene rings is 4. The minimum atomic E-state index is -0.487. The van der Waals surface area contributed by atoms with E-state index in [1.807, 2.05) is 18.5 Å². The van der Waals surface area contributed by atoms with Crippen LogP contribution in [0.25, 0.3) is 33.7 Å². The number of pyridine rings is 1. The van der Waals surface area contributed by atoms with Crippen molar-refractivity contribution in [2.45, 2.75) is 51.9 Å². The lowest BCUT2D eigenvalue weighted by Crippen LogP contribution is -2.29. The van der Waals surface area contributed by atoms with Crippen molar-refractivity contribution in [1.82, 2.24) is 15.0 Å². The third-order valence-electron chi connectivity index (χ3n) is 9.62. The van der Waals surface area contributed by atoms with Gasteiger partial charge in [0, 0.05) is 29.9 Å². The number of terminal acetylenes is 1. The van der Waals surface area contributed by atoms with Gasteiger partial charge in [0.2, 0.25) is 0 Å². The van der Waals surface area contributed by atoms with Crippen LogP contribution < -0.4 is 0 Å². The Bertz CT molecular complexity index is 2250. The standard InChI is InChI=1S/C46H37N3.C3H8.C2H2/c1-2-3-6-25-44-48-42(34-16-7-4-8-17-34)31-43(49-44)35-28-26-33(27-29-35)38-21-11-14-24-41-45(38)39-22-12-13-23-40(39)46(41,36-18-9-5-10-19-36)37-20-15-30-47-32-37;1-3-2;1-2/h3-10,12-24,26-32H,2,11,25H2,1H3;3H2,1-2H3;1-2H. The first-order chi connectivity index (χ1) is 26.7. The van der Waals surface area contributed by atoms with E-state index < -0.39 is 5.41 Å². The molecule has 0 radical (unpaired) electrons. The lowest BCUT2D eigenvalue weighted by molar-refractivity contribution is 0.755. The fourth-order valence-electron chi connectivity index (χ4n) is 7.47. The Morgan fingerprint density at radius 2 is 1.28 bits per heavy atom. The van der Waals surface area contributed by atoms with Gasteiger partial charge in [-0.15, -0.1) is 12.8 Å². The minimum absolute atomic E-state index is 0.487. The maximum absolute atomic E-state index is 5.03. The molecule has 1 atom stereocenters. The molecule has 6 aromatic rings. The fraction of sp³-hybridized carbons (Fsp3) is 0.157. The van der Waals surface area contributed by atoms with Crippen molar-refractivity contribution in [3.63, 3.8) is 0 Å². The van der Waals surface area contributed by atoms with E-state index in [-0.39, 0.29) is 0 Å². The Balaban J connectivity index is 0.000000949. The zero-order valence-electron chi connectivity index (χ0n) is 31.5. The third kappa shape index (κ3) is 7.43. The summed E-state index contributed by atoms with van der Waals surface area (Å²) in [7, 11) is 0. The highest BCUT2D eigenvalue weighted by molar-refractivity contribution is 6.12. The van der Waals surface area contributed by atoms with Crippen molar-refractivity contribution in [2.24, 2.45) is 0 Å². The van der Waals surface area contributed by atoms with Crippen molar-refractivity contribution in [1.29, 1.82) is 0 Å². The van der Waals surface area contributed by atoms with Gasteiger partial charge in [-0.2, -0.15) is 0 Å². The summed E-state index contributed by atoms with van der Waals surface area (Å²) in [5.74, 6) is 0.827. The van der Waals surface area contributed by atoms with Gasteiger partial charge in [-0.3, -0.25) is 4.98 Å². The summed E-state index contributed by atoms with van der Waals surface area (Å²) in [6.45, 7) is 6.40. The predicted octanol–water partition coefficient (Wildman–Crippen LogP) is 12.5. The number of allylic oxidation sites excluding steroid dienone is 8. The molecule has 0 saturated heterocycles. The molecule has 0 spiro atoms. The summed E-state index contributed by atoms with van der Waals surface area (Å²) in [6.07, 6.45) is 27.1. The molecule has 3 nitrogen and oxygen atoms in total. The van der Waals surface area contributed by atoms with Crippen molar-refractivity contribution in [3.8, 4) is 35.4 Å². The molecule has 2 aromatic heterocycles. The molecule has 2 heterocycles. The molecule has 0 bridgehead atoms. The molecular formula is C51H47N3. The summed E-state index contributed by atoms with van der Waals surface area (Å²) in [5, 5.41) is 0. The average molecular weight is 702 g/mol. The van der Waals surface area contributed by atoms with Crippen molar-refractivity contribution < 1.29 is 0 Å². The normalized spacial score (nSPS) is 15.5. The van der Waals surface area contributed by atoms with Crippen LogP contribution in [0, 0.1) is 12.8 Å². The van der Waals surface area contributed by atoms with Crippen LogP contribution in [-0.4, -0.2) is 15.0 Å². The number of hydrogen-bond acceptors (Lipinski definition) is 3. The minimum Gasteiger partial charge on any atom is -0.264 e. The van der Waals surface area contributed by atoms with Crippen LogP contribution in [0.15, 0.2) is 176 Å². The molecule has 0 aliphatic heterocycles. The molecule has 266 valence electrons. The van der Waals surface area contributed by atoms with Gasteiger partial charge in [-0.1, -0.05) is 173 Å². The lowest BCUT2D eigenvalue weighted by Gasteiger charge is -2.34. The highest BCUT2D eigenvalue weighted by Crippen LogP contribution is 2.58. The highest BCUT2D eigenvalue weighted by Gasteiger charge is 2.47. The van der Waals surface area contributed by atoms with Gasteiger partial charge in [0.1, 0.15) is 5.82 Å². The Hall–Kier alpha value is -6.37. The van der Waals surface area contributed by atoms with Crippen LogP contribution in [0.4, 0.5) is 0 Å². The molecule has 8 rings (SSSR count). The van der Waals surface area contributed by atoms with Gasteiger partial charge in [0.05, 0.1) is 16.8 Å². The Kier molecular flexibility index (Phi) is 12.4. The van der Waals surface area contributed by atoms with Gasteiger partial charge in [0.15, 0.2) is 0 Å². The summed E-state index contributed by atoms with van der Waals surface area (Å²) < 4.78 is 0. The van der Waals surface area contributed by atoms with E-state index in [0.29, 0.717) is 6.42 Å². The second-order valence-electron chi connectivity index (χ2n) is 13.2. The summed E-state index contributed by atoms with van der Waals surface area (Å²) >= 11 is 0. The summed E-state index contributed by atoms with van der Waals surface area (Å²) in [5.41, 5.74) is 13.5. The highest BCUT2D eigenvalue weighted by atomic mass is 14.9. The second-order valence-corrected chi connectivity index (χ2v) is 13.2. The number of rotatable bonds is 8. The third-order valence-corrected chi connectivity index (χ3v) is 9.62. The number of hydrogen-bond donors (Lipinski definition) is 0. The van der Waals surface area contributed by atoms with E-state index in [2.05, 4.69) is 190 Å². The summed E-state index contributed by atoms with van der Waals surface area (Å²) in [4.78, 5) is 14.6. The van der Waals surface area contributed by atoms with Crippen LogP contribution in [0.1, 0.15) is 73.7 Å². The number of aromatic nitrogens is 3. The first-order valence-corrected chi connectivity index (χ1v) is 18.9. The molecule has 2 aliphatic rings. The van der Waals surface area contributed by atoms with Gasteiger partial charge in [0.25, 0.3) is 0 Å². The van der Waals surface area contributed by atoms with Crippen LogP contribution in [0.3, 0.4) is 0 Å². The molecule has 0 fully saturated rings. The zero-order chi connectivity index (χ0) is 37.8. The lowest BCUT2D eigenvalue weighted by atomic mass is 9.67. The Morgan fingerprint density at radius 3 is 1.94 bits per heavy atom. The molecule has 54 heavy (non-hydrogen) atoms. The maximum atomic E-state index is 5.03. The van der Waals surface area contributed by atoms with E-state index >= 15 is 0 Å². The van der Waals surface area contributed by atoms with Crippen LogP contribution in [-0.2, 0) is 11.8 Å². The van der Waals surface area contributed by atoms with E-state index in [0.717, 1.165) is 41.2 Å². The molecule has 4 aromatic carbocycles. The Labute approximate surface area is 321 Å². The van der Waals surface area contributed by atoms with E-state index in [4.69, 9.17) is 9.97 Å². The molecular weight excluding hydrogens is 655 g/mol. The van der Waals surface area contributed by atoms with Crippen LogP contribution in [0.5, 0.6) is 0 Å². The van der Waals surface area contributed by atoms with Gasteiger partial charge >= 0.3 is 0 Å². The molecule has 0 amide bonds. The molecule has 1 unspecified atom stereocenters. The number of fused-ring (bicyclic) bond motifs is 2. The second kappa shape index (κ2) is 17.9. The molecule has 0 N–H and O–H groups in total. The van der Waals surface area contributed by atoms with E-state index in [1.165, 1.54) is 51.0 Å².